The lowest BCUT2D eigenvalue weighted by atomic mass is 10.1. The number of hydrogen-bond donors (Lipinski definition) is 2. The van der Waals surface area contributed by atoms with Crippen molar-refractivity contribution >= 4 is 6.03 Å². The molecule has 0 saturated carbocycles. The Labute approximate surface area is 133 Å². The fourth-order valence-corrected chi connectivity index (χ4v) is 2.20. The van der Waals surface area contributed by atoms with Gasteiger partial charge in [0.15, 0.2) is 0 Å². The quantitative estimate of drug-likeness (QED) is 0.734. The van der Waals surface area contributed by atoms with Gasteiger partial charge in [0.2, 0.25) is 0 Å². The van der Waals surface area contributed by atoms with Gasteiger partial charge in [-0.2, -0.15) is 0 Å². The lowest BCUT2D eigenvalue weighted by Crippen LogP contribution is -2.41. The number of nitrogens with zero attached hydrogens (tertiary/aromatic N) is 2. The van der Waals surface area contributed by atoms with Crippen LogP contribution in [0.5, 0.6) is 0 Å². The molecule has 22 heavy (non-hydrogen) atoms. The van der Waals surface area contributed by atoms with Gasteiger partial charge < -0.3 is 20.2 Å². The third kappa shape index (κ3) is 6.91. The molecule has 2 amide bonds. The summed E-state index contributed by atoms with van der Waals surface area (Å²) in [5, 5.41) is 12.0. The van der Waals surface area contributed by atoms with Gasteiger partial charge in [0.05, 0.1) is 6.61 Å². The second-order valence-corrected chi connectivity index (χ2v) is 5.78. The Balaban J connectivity index is 2.47. The normalized spacial score (nSPS) is 10.8. The number of carbonyl (C=O) groups excluding carboxylic acids is 1. The summed E-state index contributed by atoms with van der Waals surface area (Å²) in [5.41, 5.74) is 2.33. The summed E-state index contributed by atoms with van der Waals surface area (Å²) in [6.07, 6.45) is 1.98. The smallest absolute Gasteiger partial charge is 0.317 e. The lowest BCUT2D eigenvalue weighted by Gasteiger charge is -2.22. The molecular formula is C17H29N3O2. The Morgan fingerprint density at radius 3 is 2.32 bits per heavy atom. The molecule has 0 fully saturated rings. The lowest BCUT2D eigenvalue weighted by molar-refractivity contribution is 0.176. The van der Waals surface area contributed by atoms with Crippen LogP contribution < -0.4 is 5.32 Å². The van der Waals surface area contributed by atoms with Gasteiger partial charge in [-0.25, -0.2) is 4.79 Å². The van der Waals surface area contributed by atoms with Crippen LogP contribution in [0.2, 0.25) is 0 Å². The highest BCUT2D eigenvalue weighted by molar-refractivity contribution is 5.74. The molecule has 0 aliphatic rings. The van der Waals surface area contributed by atoms with E-state index in [1.54, 1.807) is 4.90 Å². The van der Waals surface area contributed by atoms with E-state index in [2.05, 4.69) is 29.3 Å². The zero-order valence-corrected chi connectivity index (χ0v) is 14.0. The Kier molecular flexibility index (Phi) is 8.55. The number of benzene rings is 1. The van der Waals surface area contributed by atoms with E-state index in [-0.39, 0.29) is 12.6 Å². The maximum Gasteiger partial charge on any atom is 0.317 e. The molecule has 0 aromatic heterocycles. The minimum atomic E-state index is -0.111. The molecule has 0 aliphatic heterocycles. The number of nitrogens with one attached hydrogen (secondary N) is 1. The molecule has 2 N–H and O–H groups in total. The standard InChI is InChI=1S/C17H29N3O2/c1-4-5-10-20(11-12-21)17(22)18-13-15-6-8-16(9-7-15)14-19(2)3/h6-9,21H,4-5,10-14H2,1-3H3,(H,18,22). The molecule has 0 aliphatic carbocycles. The minimum absolute atomic E-state index is 0.00360. The number of rotatable bonds is 9. The maximum absolute atomic E-state index is 12.1. The largest absolute Gasteiger partial charge is 0.395 e. The van der Waals surface area contributed by atoms with E-state index in [0.717, 1.165) is 24.9 Å². The fraction of sp³-hybridized carbons (Fsp3) is 0.588. The van der Waals surface area contributed by atoms with E-state index in [1.165, 1.54) is 5.56 Å². The average molecular weight is 307 g/mol. The van der Waals surface area contributed by atoms with Crippen LogP contribution in [-0.2, 0) is 13.1 Å². The molecule has 0 unspecified atom stereocenters. The first kappa shape index (κ1) is 18.5. The third-order valence-corrected chi connectivity index (χ3v) is 3.40. The molecule has 5 heteroatoms. The van der Waals surface area contributed by atoms with Crippen molar-refractivity contribution in [3.05, 3.63) is 35.4 Å². The molecule has 0 atom stereocenters. The van der Waals surface area contributed by atoms with Crippen LogP contribution in [0, 0.1) is 0 Å². The molecule has 1 aromatic carbocycles. The van der Waals surface area contributed by atoms with Gasteiger partial charge in [-0.3, -0.25) is 0 Å². The second kappa shape index (κ2) is 10.2. The summed E-state index contributed by atoms with van der Waals surface area (Å²) in [6.45, 7) is 4.57. The first-order valence-corrected chi connectivity index (χ1v) is 7.93. The molecular weight excluding hydrogens is 278 g/mol. The van der Waals surface area contributed by atoms with Crippen molar-refractivity contribution in [1.29, 1.82) is 0 Å². The zero-order chi connectivity index (χ0) is 16.4. The van der Waals surface area contributed by atoms with Crippen LogP contribution >= 0.6 is 0 Å². The molecule has 0 saturated heterocycles. The van der Waals surface area contributed by atoms with E-state index in [1.807, 2.05) is 26.2 Å². The van der Waals surface area contributed by atoms with Crippen LogP contribution in [0.25, 0.3) is 0 Å². The van der Waals surface area contributed by atoms with Crippen LogP contribution in [0.1, 0.15) is 30.9 Å². The summed E-state index contributed by atoms with van der Waals surface area (Å²) >= 11 is 0. The number of amides is 2. The molecule has 0 heterocycles. The molecule has 0 bridgehead atoms. The van der Waals surface area contributed by atoms with E-state index in [9.17, 15) is 4.79 Å². The Hall–Kier alpha value is -1.59. The Bertz CT molecular complexity index is 432. The van der Waals surface area contributed by atoms with Crippen LogP contribution in [0.3, 0.4) is 0 Å². The van der Waals surface area contributed by atoms with E-state index < -0.39 is 0 Å². The third-order valence-electron chi connectivity index (χ3n) is 3.40. The minimum Gasteiger partial charge on any atom is -0.395 e. The van der Waals surface area contributed by atoms with Crippen molar-refractivity contribution in [2.24, 2.45) is 0 Å². The number of hydrogen-bond acceptors (Lipinski definition) is 3. The molecule has 0 spiro atoms. The molecule has 1 aromatic rings. The van der Waals surface area contributed by atoms with Crippen molar-refractivity contribution < 1.29 is 9.90 Å². The summed E-state index contributed by atoms with van der Waals surface area (Å²) in [7, 11) is 4.08. The van der Waals surface area contributed by atoms with Crippen molar-refractivity contribution in [3.8, 4) is 0 Å². The van der Waals surface area contributed by atoms with E-state index in [0.29, 0.717) is 19.6 Å². The number of aliphatic hydroxyl groups excluding tert-OH is 1. The number of urea groups is 1. The summed E-state index contributed by atoms with van der Waals surface area (Å²) in [6, 6.07) is 8.15. The number of unbranched alkanes of at least 4 members (excludes halogenated alkanes) is 1. The number of carbonyl (C=O) groups is 1. The first-order chi connectivity index (χ1) is 10.6. The SMILES string of the molecule is CCCCN(CCO)C(=O)NCc1ccc(CN(C)C)cc1. The van der Waals surface area contributed by atoms with Gasteiger partial charge >= 0.3 is 6.03 Å². The van der Waals surface area contributed by atoms with Crippen LogP contribution in [-0.4, -0.2) is 54.7 Å². The molecule has 124 valence electrons. The Morgan fingerprint density at radius 2 is 1.77 bits per heavy atom. The van der Waals surface area contributed by atoms with Crippen molar-refractivity contribution in [3.63, 3.8) is 0 Å². The predicted octanol–water partition coefficient (Wildman–Crippen LogP) is 2.05. The van der Waals surface area contributed by atoms with Crippen molar-refractivity contribution in [2.45, 2.75) is 32.9 Å². The topological polar surface area (TPSA) is 55.8 Å². The van der Waals surface area contributed by atoms with Gasteiger partial charge in [0.25, 0.3) is 0 Å². The summed E-state index contributed by atoms with van der Waals surface area (Å²) < 4.78 is 0. The molecule has 5 nitrogen and oxygen atoms in total. The number of aliphatic hydroxyl groups is 1. The maximum atomic E-state index is 12.1. The van der Waals surface area contributed by atoms with Crippen LogP contribution in [0.15, 0.2) is 24.3 Å². The van der Waals surface area contributed by atoms with Crippen molar-refractivity contribution in [1.82, 2.24) is 15.1 Å². The van der Waals surface area contributed by atoms with E-state index >= 15 is 0 Å². The van der Waals surface area contributed by atoms with Gasteiger partial charge in [0, 0.05) is 26.2 Å². The molecule has 1 rings (SSSR count). The zero-order valence-electron chi connectivity index (χ0n) is 14.0. The van der Waals surface area contributed by atoms with Gasteiger partial charge in [-0.05, 0) is 31.6 Å². The highest BCUT2D eigenvalue weighted by atomic mass is 16.3. The Morgan fingerprint density at radius 1 is 1.14 bits per heavy atom. The van der Waals surface area contributed by atoms with Crippen LogP contribution in [0.4, 0.5) is 4.79 Å². The van der Waals surface area contributed by atoms with E-state index in [4.69, 9.17) is 5.11 Å². The van der Waals surface area contributed by atoms with Crippen molar-refractivity contribution in [2.75, 3.05) is 33.8 Å². The summed E-state index contributed by atoms with van der Waals surface area (Å²) in [4.78, 5) is 15.9. The summed E-state index contributed by atoms with van der Waals surface area (Å²) in [5.74, 6) is 0. The van der Waals surface area contributed by atoms with Gasteiger partial charge in [0.1, 0.15) is 0 Å². The fourth-order valence-electron chi connectivity index (χ4n) is 2.20. The molecule has 0 radical (unpaired) electrons. The highest BCUT2D eigenvalue weighted by Gasteiger charge is 2.11. The second-order valence-electron chi connectivity index (χ2n) is 5.78. The predicted molar refractivity (Wildman–Crippen MR) is 89.6 cm³/mol. The van der Waals surface area contributed by atoms with Gasteiger partial charge in [-0.1, -0.05) is 37.6 Å². The van der Waals surface area contributed by atoms with Gasteiger partial charge in [-0.15, -0.1) is 0 Å². The first-order valence-electron chi connectivity index (χ1n) is 7.93. The highest BCUT2D eigenvalue weighted by Crippen LogP contribution is 2.06. The average Bonchev–Trinajstić information content (AvgIpc) is 2.50. The monoisotopic (exact) mass is 307 g/mol.